The Morgan fingerprint density at radius 1 is 1.27 bits per heavy atom. The van der Waals surface area contributed by atoms with Gasteiger partial charge in [0.25, 0.3) is 0 Å². The van der Waals surface area contributed by atoms with Gasteiger partial charge in [0.1, 0.15) is 0 Å². The average Bonchev–Trinajstić information content (AvgIpc) is 2.93. The van der Waals surface area contributed by atoms with Crippen LogP contribution in [0.2, 0.25) is 0 Å². The van der Waals surface area contributed by atoms with Crippen molar-refractivity contribution in [2.24, 2.45) is 0 Å². The number of aromatic nitrogens is 1. The molecule has 1 aromatic heterocycles. The lowest BCUT2D eigenvalue weighted by Gasteiger charge is -2.37. The highest BCUT2D eigenvalue weighted by Crippen LogP contribution is 2.24. The van der Waals surface area contributed by atoms with Crippen molar-refractivity contribution in [2.45, 2.75) is 25.4 Å². The first-order valence-corrected chi connectivity index (χ1v) is 8.24. The molecule has 1 saturated heterocycles. The van der Waals surface area contributed by atoms with Gasteiger partial charge in [0, 0.05) is 49.5 Å². The standard InChI is InChI=1S/C16H22N4S.ClH/c1-19(13-5-3-2-4-6-13)14-7-9-20(10-8-14)12-15-11-18-16(17)21-15;/h2-6,11,14H,7-10,12H2,1H3,(H2,17,18);1H. The van der Waals surface area contributed by atoms with Crippen LogP contribution in [0, 0.1) is 0 Å². The maximum Gasteiger partial charge on any atom is 0.180 e. The Kier molecular flexibility index (Phi) is 6.06. The van der Waals surface area contributed by atoms with Crippen LogP contribution in [0.15, 0.2) is 36.5 Å². The minimum absolute atomic E-state index is 0. The SMILES string of the molecule is CN(c1ccccc1)C1CCN(Cc2cnc(N)s2)CC1.Cl. The first-order valence-electron chi connectivity index (χ1n) is 7.43. The lowest BCUT2D eigenvalue weighted by Crippen LogP contribution is -2.43. The van der Waals surface area contributed by atoms with Gasteiger partial charge in [0.15, 0.2) is 5.13 Å². The fraction of sp³-hybridized carbons (Fsp3) is 0.438. The zero-order valence-electron chi connectivity index (χ0n) is 12.8. The van der Waals surface area contributed by atoms with Gasteiger partial charge in [0.2, 0.25) is 0 Å². The third-order valence-corrected chi connectivity index (χ3v) is 5.03. The second-order valence-electron chi connectivity index (χ2n) is 5.62. The summed E-state index contributed by atoms with van der Waals surface area (Å²) in [6.45, 7) is 3.26. The molecular weight excluding hydrogens is 316 g/mol. The quantitative estimate of drug-likeness (QED) is 0.929. The molecule has 0 amide bonds. The molecule has 1 aromatic carbocycles. The van der Waals surface area contributed by atoms with Crippen LogP contribution in [0.4, 0.5) is 10.8 Å². The molecule has 1 aliphatic heterocycles. The molecule has 4 nitrogen and oxygen atoms in total. The van der Waals surface area contributed by atoms with E-state index in [4.69, 9.17) is 5.73 Å². The molecule has 0 bridgehead atoms. The highest BCUT2D eigenvalue weighted by atomic mass is 35.5. The maximum atomic E-state index is 5.69. The fourth-order valence-electron chi connectivity index (χ4n) is 2.95. The number of nitrogen functional groups attached to an aromatic ring is 1. The largest absolute Gasteiger partial charge is 0.375 e. The molecule has 2 N–H and O–H groups in total. The number of piperidine rings is 1. The van der Waals surface area contributed by atoms with Crippen molar-refractivity contribution in [1.29, 1.82) is 0 Å². The van der Waals surface area contributed by atoms with E-state index < -0.39 is 0 Å². The predicted octanol–water partition coefficient (Wildman–Crippen LogP) is 3.25. The Bertz CT molecular complexity index is 567. The second-order valence-corrected chi connectivity index (χ2v) is 6.77. The highest BCUT2D eigenvalue weighted by Gasteiger charge is 2.23. The van der Waals surface area contributed by atoms with E-state index in [1.165, 1.54) is 23.4 Å². The first-order chi connectivity index (χ1) is 10.2. The summed E-state index contributed by atoms with van der Waals surface area (Å²) in [5.41, 5.74) is 7.00. The molecule has 1 fully saturated rings. The molecule has 6 heteroatoms. The number of halogens is 1. The van der Waals surface area contributed by atoms with E-state index in [1.54, 1.807) is 11.3 Å². The van der Waals surface area contributed by atoms with Gasteiger partial charge in [0.05, 0.1) is 0 Å². The number of nitrogens with two attached hydrogens (primary N) is 1. The van der Waals surface area contributed by atoms with E-state index >= 15 is 0 Å². The summed E-state index contributed by atoms with van der Waals surface area (Å²) < 4.78 is 0. The van der Waals surface area contributed by atoms with Crippen molar-refractivity contribution >= 4 is 34.6 Å². The molecule has 0 spiro atoms. The van der Waals surface area contributed by atoms with Crippen molar-refractivity contribution < 1.29 is 0 Å². The van der Waals surface area contributed by atoms with Crippen LogP contribution >= 0.6 is 23.7 Å². The lowest BCUT2D eigenvalue weighted by atomic mass is 10.0. The van der Waals surface area contributed by atoms with Crippen molar-refractivity contribution in [3.63, 3.8) is 0 Å². The summed E-state index contributed by atoms with van der Waals surface area (Å²) in [5.74, 6) is 0. The minimum Gasteiger partial charge on any atom is -0.375 e. The van der Waals surface area contributed by atoms with Crippen LogP contribution in [-0.4, -0.2) is 36.1 Å². The number of thiazole rings is 1. The molecule has 2 aromatic rings. The Labute approximate surface area is 142 Å². The van der Waals surface area contributed by atoms with Crippen LogP contribution < -0.4 is 10.6 Å². The number of para-hydroxylation sites is 1. The van der Waals surface area contributed by atoms with Gasteiger partial charge in [-0.3, -0.25) is 4.90 Å². The molecule has 3 rings (SSSR count). The normalized spacial score (nSPS) is 16.2. The molecule has 0 saturated carbocycles. The van der Waals surface area contributed by atoms with Gasteiger partial charge in [-0.2, -0.15) is 0 Å². The Balaban J connectivity index is 0.00000176. The van der Waals surface area contributed by atoms with E-state index in [0.29, 0.717) is 11.2 Å². The van der Waals surface area contributed by atoms with Crippen LogP contribution in [0.25, 0.3) is 0 Å². The summed E-state index contributed by atoms with van der Waals surface area (Å²) in [5, 5.41) is 0.670. The van der Waals surface area contributed by atoms with Crippen molar-refractivity contribution in [1.82, 2.24) is 9.88 Å². The van der Waals surface area contributed by atoms with Gasteiger partial charge in [-0.15, -0.1) is 23.7 Å². The Morgan fingerprint density at radius 2 is 1.95 bits per heavy atom. The third kappa shape index (κ3) is 4.12. The van der Waals surface area contributed by atoms with E-state index in [9.17, 15) is 0 Å². The van der Waals surface area contributed by atoms with E-state index in [0.717, 1.165) is 19.6 Å². The van der Waals surface area contributed by atoms with Crippen LogP contribution in [0.3, 0.4) is 0 Å². The van der Waals surface area contributed by atoms with E-state index in [2.05, 4.69) is 52.2 Å². The van der Waals surface area contributed by atoms with Crippen LogP contribution in [0.5, 0.6) is 0 Å². The topological polar surface area (TPSA) is 45.4 Å². The molecule has 22 heavy (non-hydrogen) atoms. The zero-order chi connectivity index (χ0) is 14.7. The Hall–Kier alpha value is -1.30. The number of hydrogen-bond donors (Lipinski definition) is 1. The summed E-state index contributed by atoms with van der Waals surface area (Å²) in [6.07, 6.45) is 4.32. The molecule has 0 unspecified atom stereocenters. The molecule has 2 heterocycles. The summed E-state index contributed by atoms with van der Waals surface area (Å²) in [6, 6.07) is 11.3. The minimum atomic E-state index is 0. The number of anilines is 2. The van der Waals surface area contributed by atoms with Crippen LogP contribution in [-0.2, 0) is 6.54 Å². The van der Waals surface area contributed by atoms with E-state index in [-0.39, 0.29) is 12.4 Å². The number of likely N-dealkylation sites (tertiary alicyclic amines) is 1. The van der Waals surface area contributed by atoms with Crippen LogP contribution in [0.1, 0.15) is 17.7 Å². The molecule has 120 valence electrons. The van der Waals surface area contributed by atoms with Gasteiger partial charge >= 0.3 is 0 Å². The lowest BCUT2D eigenvalue weighted by molar-refractivity contribution is 0.205. The molecule has 0 atom stereocenters. The molecule has 1 aliphatic rings. The first kappa shape index (κ1) is 17.1. The number of benzene rings is 1. The number of hydrogen-bond acceptors (Lipinski definition) is 5. The average molecular weight is 339 g/mol. The van der Waals surface area contributed by atoms with Gasteiger partial charge < -0.3 is 10.6 Å². The maximum absolute atomic E-state index is 5.69. The summed E-state index contributed by atoms with van der Waals surface area (Å²) in [7, 11) is 2.21. The number of nitrogens with zero attached hydrogens (tertiary/aromatic N) is 3. The molecule has 0 aliphatic carbocycles. The van der Waals surface area contributed by atoms with Gasteiger partial charge in [-0.25, -0.2) is 4.98 Å². The molecular formula is C16H23ClN4S. The van der Waals surface area contributed by atoms with Crippen molar-refractivity contribution in [2.75, 3.05) is 30.8 Å². The van der Waals surface area contributed by atoms with E-state index in [1.807, 2.05) is 6.20 Å². The second kappa shape index (κ2) is 7.81. The van der Waals surface area contributed by atoms with Gasteiger partial charge in [-0.05, 0) is 25.0 Å². The summed E-state index contributed by atoms with van der Waals surface area (Å²) >= 11 is 1.60. The Morgan fingerprint density at radius 3 is 2.55 bits per heavy atom. The highest BCUT2D eigenvalue weighted by molar-refractivity contribution is 7.15. The van der Waals surface area contributed by atoms with Crippen molar-refractivity contribution in [3.8, 4) is 0 Å². The number of rotatable bonds is 4. The monoisotopic (exact) mass is 338 g/mol. The zero-order valence-corrected chi connectivity index (χ0v) is 14.4. The predicted molar refractivity (Wildman–Crippen MR) is 96.9 cm³/mol. The fourth-order valence-corrected chi connectivity index (χ4v) is 3.68. The van der Waals surface area contributed by atoms with Crippen molar-refractivity contribution in [3.05, 3.63) is 41.4 Å². The van der Waals surface area contributed by atoms with Gasteiger partial charge in [-0.1, -0.05) is 18.2 Å². The smallest absolute Gasteiger partial charge is 0.180 e. The molecule has 0 radical (unpaired) electrons. The summed E-state index contributed by atoms with van der Waals surface area (Å²) in [4.78, 5) is 10.3. The third-order valence-electron chi connectivity index (χ3n) is 4.22.